The Balaban J connectivity index is 2.15. The third-order valence-corrected chi connectivity index (χ3v) is 4.68. The summed E-state index contributed by atoms with van der Waals surface area (Å²) < 4.78 is 1.17. The number of hydrogen-bond donors (Lipinski definition) is 1. The first-order chi connectivity index (χ1) is 9.27. The van der Waals surface area contributed by atoms with Gasteiger partial charge in [0.05, 0.1) is 0 Å². The van der Waals surface area contributed by atoms with Crippen molar-refractivity contribution in [3.63, 3.8) is 0 Å². The van der Waals surface area contributed by atoms with Gasteiger partial charge in [-0.2, -0.15) is 0 Å². The maximum absolute atomic E-state index is 6.27. The molecule has 0 aromatic heterocycles. The van der Waals surface area contributed by atoms with E-state index in [4.69, 9.17) is 5.73 Å². The lowest BCUT2D eigenvalue weighted by Gasteiger charge is -2.33. The standard InChI is InChI=1S/C16H26BrN3/c1-16(2,3)13-10-15(18)12(9-14(13)17)11-20-7-5-19(4)6-8-20/h9-10H,5-8,11,18H2,1-4H3. The smallest absolute Gasteiger partial charge is 0.0363 e. The molecule has 1 aromatic carbocycles. The summed E-state index contributed by atoms with van der Waals surface area (Å²) in [5.41, 5.74) is 9.80. The van der Waals surface area contributed by atoms with Crippen LogP contribution in [0.1, 0.15) is 31.9 Å². The Morgan fingerprint density at radius 2 is 1.75 bits per heavy atom. The molecule has 1 aliphatic rings. The van der Waals surface area contributed by atoms with E-state index < -0.39 is 0 Å². The quantitative estimate of drug-likeness (QED) is 0.840. The number of likely N-dealkylation sites (N-methyl/N-ethyl adjacent to an activating group) is 1. The van der Waals surface area contributed by atoms with Gasteiger partial charge in [0.1, 0.15) is 0 Å². The zero-order valence-corrected chi connectivity index (χ0v) is 14.6. The second-order valence-corrected chi connectivity index (χ2v) is 7.71. The van der Waals surface area contributed by atoms with E-state index in [9.17, 15) is 0 Å². The molecule has 1 saturated heterocycles. The first kappa shape index (κ1) is 15.8. The first-order valence-corrected chi connectivity index (χ1v) is 8.06. The second-order valence-electron chi connectivity index (χ2n) is 6.86. The minimum absolute atomic E-state index is 0.110. The van der Waals surface area contributed by atoms with Crippen LogP contribution in [-0.4, -0.2) is 43.0 Å². The van der Waals surface area contributed by atoms with Crippen molar-refractivity contribution in [2.45, 2.75) is 32.7 Å². The molecular formula is C16H26BrN3. The highest BCUT2D eigenvalue weighted by atomic mass is 79.9. The monoisotopic (exact) mass is 339 g/mol. The summed E-state index contributed by atoms with van der Waals surface area (Å²) in [6.45, 7) is 12.1. The molecule has 2 rings (SSSR count). The van der Waals surface area contributed by atoms with E-state index in [1.165, 1.54) is 15.6 Å². The third kappa shape index (κ3) is 3.74. The maximum Gasteiger partial charge on any atom is 0.0363 e. The number of nitrogen functional groups attached to an aromatic ring is 1. The van der Waals surface area contributed by atoms with E-state index in [-0.39, 0.29) is 5.41 Å². The summed E-state index contributed by atoms with van der Waals surface area (Å²) in [5, 5.41) is 0. The van der Waals surface area contributed by atoms with Crippen LogP contribution >= 0.6 is 15.9 Å². The number of anilines is 1. The summed E-state index contributed by atoms with van der Waals surface area (Å²) in [4.78, 5) is 4.85. The van der Waals surface area contributed by atoms with Gasteiger partial charge in [0.2, 0.25) is 0 Å². The summed E-state index contributed by atoms with van der Waals surface area (Å²) in [6, 6.07) is 4.34. The molecule has 112 valence electrons. The van der Waals surface area contributed by atoms with Crippen molar-refractivity contribution in [2.75, 3.05) is 39.0 Å². The highest BCUT2D eigenvalue weighted by molar-refractivity contribution is 9.10. The van der Waals surface area contributed by atoms with Gasteiger partial charge in [0.25, 0.3) is 0 Å². The number of piperazine rings is 1. The summed E-state index contributed by atoms with van der Waals surface area (Å²) in [7, 11) is 2.18. The largest absolute Gasteiger partial charge is 0.398 e. The molecule has 0 aliphatic carbocycles. The van der Waals surface area contributed by atoms with Crippen molar-refractivity contribution in [3.8, 4) is 0 Å². The van der Waals surface area contributed by atoms with Gasteiger partial charge in [0, 0.05) is 42.9 Å². The van der Waals surface area contributed by atoms with Crippen molar-refractivity contribution in [1.29, 1.82) is 0 Å². The topological polar surface area (TPSA) is 32.5 Å². The molecule has 4 heteroatoms. The van der Waals surface area contributed by atoms with Crippen molar-refractivity contribution >= 4 is 21.6 Å². The molecular weight excluding hydrogens is 314 g/mol. The average Bonchev–Trinajstić information content (AvgIpc) is 2.35. The van der Waals surface area contributed by atoms with E-state index in [0.29, 0.717) is 0 Å². The zero-order valence-electron chi connectivity index (χ0n) is 13.0. The van der Waals surface area contributed by atoms with Crippen LogP contribution < -0.4 is 5.73 Å². The molecule has 0 saturated carbocycles. The van der Waals surface area contributed by atoms with E-state index in [1.54, 1.807) is 0 Å². The van der Waals surface area contributed by atoms with Crippen LogP contribution in [0.4, 0.5) is 5.69 Å². The maximum atomic E-state index is 6.27. The van der Waals surface area contributed by atoms with Gasteiger partial charge < -0.3 is 10.6 Å². The Hall–Kier alpha value is -0.580. The first-order valence-electron chi connectivity index (χ1n) is 7.26. The molecule has 0 atom stereocenters. The Bertz CT molecular complexity index is 471. The molecule has 0 amide bonds. The number of hydrogen-bond acceptors (Lipinski definition) is 3. The summed E-state index contributed by atoms with van der Waals surface area (Å²) in [5.74, 6) is 0. The minimum Gasteiger partial charge on any atom is -0.398 e. The van der Waals surface area contributed by atoms with Crippen molar-refractivity contribution < 1.29 is 0 Å². The van der Waals surface area contributed by atoms with E-state index in [0.717, 1.165) is 38.4 Å². The molecule has 1 heterocycles. The Labute approximate surface area is 131 Å². The lowest BCUT2D eigenvalue weighted by Crippen LogP contribution is -2.44. The predicted octanol–water partition coefficient (Wildman–Crippen LogP) is 3.08. The Kier molecular flexibility index (Phi) is 4.77. The van der Waals surface area contributed by atoms with Crippen LogP contribution in [0.5, 0.6) is 0 Å². The van der Waals surface area contributed by atoms with Gasteiger partial charge in [-0.3, -0.25) is 4.90 Å². The number of nitrogens with two attached hydrogens (primary N) is 1. The number of halogens is 1. The highest BCUT2D eigenvalue weighted by Gasteiger charge is 2.20. The van der Waals surface area contributed by atoms with Crippen molar-refractivity contribution in [2.24, 2.45) is 0 Å². The van der Waals surface area contributed by atoms with Crippen LogP contribution in [0.2, 0.25) is 0 Å². The lowest BCUT2D eigenvalue weighted by atomic mass is 9.86. The van der Waals surface area contributed by atoms with Gasteiger partial charge in [-0.05, 0) is 35.7 Å². The summed E-state index contributed by atoms with van der Waals surface area (Å²) >= 11 is 3.71. The lowest BCUT2D eigenvalue weighted by molar-refractivity contribution is 0.148. The Morgan fingerprint density at radius 3 is 2.30 bits per heavy atom. The number of rotatable bonds is 2. The molecule has 0 bridgehead atoms. The van der Waals surface area contributed by atoms with E-state index >= 15 is 0 Å². The van der Waals surface area contributed by atoms with E-state index in [1.807, 2.05) is 0 Å². The molecule has 1 aliphatic heterocycles. The minimum atomic E-state index is 0.110. The fourth-order valence-electron chi connectivity index (χ4n) is 2.59. The normalized spacial score (nSPS) is 18.4. The number of benzene rings is 1. The predicted molar refractivity (Wildman–Crippen MR) is 90.0 cm³/mol. The van der Waals surface area contributed by atoms with Gasteiger partial charge in [0.15, 0.2) is 0 Å². The van der Waals surface area contributed by atoms with Crippen LogP contribution in [0, 0.1) is 0 Å². The van der Waals surface area contributed by atoms with Crippen molar-refractivity contribution in [1.82, 2.24) is 9.80 Å². The van der Waals surface area contributed by atoms with E-state index in [2.05, 4.69) is 65.7 Å². The van der Waals surface area contributed by atoms with Crippen LogP contribution in [0.15, 0.2) is 16.6 Å². The Morgan fingerprint density at radius 1 is 1.15 bits per heavy atom. The SMILES string of the molecule is CN1CCN(Cc2cc(Br)c(C(C)(C)C)cc2N)CC1. The van der Waals surface area contributed by atoms with Crippen LogP contribution in [0.3, 0.4) is 0 Å². The van der Waals surface area contributed by atoms with Gasteiger partial charge in [-0.15, -0.1) is 0 Å². The van der Waals surface area contributed by atoms with Crippen LogP contribution in [-0.2, 0) is 12.0 Å². The number of nitrogens with zero attached hydrogens (tertiary/aromatic N) is 2. The fraction of sp³-hybridized carbons (Fsp3) is 0.625. The highest BCUT2D eigenvalue weighted by Crippen LogP contribution is 2.33. The van der Waals surface area contributed by atoms with Crippen molar-refractivity contribution in [3.05, 3.63) is 27.7 Å². The molecule has 2 N–H and O–H groups in total. The van der Waals surface area contributed by atoms with Gasteiger partial charge >= 0.3 is 0 Å². The van der Waals surface area contributed by atoms with Gasteiger partial charge in [-0.1, -0.05) is 36.7 Å². The zero-order chi connectivity index (χ0) is 14.9. The average molecular weight is 340 g/mol. The molecule has 0 unspecified atom stereocenters. The summed E-state index contributed by atoms with van der Waals surface area (Å²) in [6.07, 6.45) is 0. The van der Waals surface area contributed by atoms with Crippen LogP contribution in [0.25, 0.3) is 0 Å². The van der Waals surface area contributed by atoms with Gasteiger partial charge in [-0.25, -0.2) is 0 Å². The fourth-order valence-corrected chi connectivity index (χ4v) is 3.58. The molecule has 1 aromatic rings. The molecule has 0 radical (unpaired) electrons. The molecule has 3 nitrogen and oxygen atoms in total. The third-order valence-electron chi connectivity index (χ3n) is 4.03. The second kappa shape index (κ2) is 6.04. The molecule has 1 fully saturated rings. The molecule has 0 spiro atoms. The molecule has 20 heavy (non-hydrogen) atoms.